The maximum Gasteiger partial charge on any atom is 0.227 e. The van der Waals surface area contributed by atoms with E-state index >= 15 is 0 Å². The zero-order valence-corrected chi connectivity index (χ0v) is 13.0. The summed E-state index contributed by atoms with van der Waals surface area (Å²) in [5.41, 5.74) is 2.48. The number of piperazine rings is 1. The molecule has 21 heavy (non-hydrogen) atoms. The van der Waals surface area contributed by atoms with Gasteiger partial charge in [0.15, 0.2) is 0 Å². The van der Waals surface area contributed by atoms with Crippen LogP contribution in [0.1, 0.15) is 43.2 Å². The molecule has 0 unspecified atom stereocenters. The smallest absolute Gasteiger partial charge is 0.227 e. The van der Waals surface area contributed by atoms with Crippen LogP contribution in [0.4, 0.5) is 0 Å². The maximum absolute atomic E-state index is 12.8. The molecule has 3 nitrogen and oxygen atoms in total. The summed E-state index contributed by atoms with van der Waals surface area (Å²) >= 11 is 0. The summed E-state index contributed by atoms with van der Waals surface area (Å²) in [6.07, 6.45) is 6.72. The van der Waals surface area contributed by atoms with Gasteiger partial charge < -0.3 is 10.2 Å². The minimum absolute atomic E-state index is 0.0955. The minimum Gasteiger partial charge on any atom is -0.334 e. The Hall–Kier alpha value is -1.35. The fourth-order valence-electron chi connectivity index (χ4n) is 3.87. The van der Waals surface area contributed by atoms with Gasteiger partial charge in [-0.25, -0.2) is 0 Å². The summed E-state index contributed by atoms with van der Waals surface area (Å²) < 4.78 is 0. The highest BCUT2D eigenvalue weighted by atomic mass is 16.2. The molecule has 2 fully saturated rings. The lowest BCUT2D eigenvalue weighted by Crippen LogP contribution is -2.63. The van der Waals surface area contributed by atoms with Gasteiger partial charge in [0.1, 0.15) is 0 Å². The van der Waals surface area contributed by atoms with E-state index in [-0.39, 0.29) is 5.54 Å². The fraction of sp³-hybridized carbons (Fsp3) is 0.611. The van der Waals surface area contributed by atoms with Crippen LogP contribution in [0, 0.1) is 6.92 Å². The Morgan fingerprint density at radius 3 is 2.62 bits per heavy atom. The van der Waals surface area contributed by atoms with Crippen molar-refractivity contribution in [1.82, 2.24) is 10.2 Å². The van der Waals surface area contributed by atoms with Crippen molar-refractivity contribution in [1.29, 1.82) is 0 Å². The van der Waals surface area contributed by atoms with Gasteiger partial charge in [-0.3, -0.25) is 4.79 Å². The third kappa shape index (κ3) is 3.13. The molecule has 1 heterocycles. The molecule has 1 N–H and O–H groups in total. The number of benzene rings is 1. The van der Waals surface area contributed by atoms with Crippen LogP contribution in [0.25, 0.3) is 0 Å². The molecule has 1 aromatic carbocycles. The molecule has 114 valence electrons. The normalized spacial score (nSPS) is 21.5. The maximum atomic E-state index is 12.8. The zero-order chi connectivity index (χ0) is 14.7. The molecule has 2 aliphatic rings. The molecule has 0 bridgehead atoms. The Balaban J connectivity index is 1.73. The zero-order valence-electron chi connectivity index (χ0n) is 13.0. The Kier molecular flexibility index (Phi) is 4.29. The van der Waals surface area contributed by atoms with Crippen molar-refractivity contribution < 1.29 is 4.79 Å². The van der Waals surface area contributed by atoms with E-state index < -0.39 is 0 Å². The second kappa shape index (κ2) is 6.18. The summed E-state index contributed by atoms with van der Waals surface area (Å²) in [5, 5.41) is 3.51. The van der Waals surface area contributed by atoms with Crippen LogP contribution in [0.5, 0.6) is 0 Å². The van der Waals surface area contributed by atoms with Crippen LogP contribution in [-0.2, 0) is 11.2 Å². The van der Waals surface area contributed by atoms with Gasteiger partial charge >= 0.3 is 0 Å². The third-order valence-corrected chi connectivity index (χ3v) is 5.10. The third-order valence-electron chi connectivity index (χ3n) is 5.10. The summed E-state index contributed by atoms with van der Waals surface area (Å²) in [6.45, 7) is 4.86. The monoisotopic (exact) mass is 286 g/mol. The first kappa shape index (κ1) is 14.6. The topological polar surface area (TPSA) is 32.3 Å². The molecule has 1 saturated heterocycles. The first-order valence-electron chi connectivity index (χ1n) is 8.26. The minimum atomic E-state index is 0.0955. The lowest BCUT2D eigenvalue weighted by molar-refractivity contribution is -0.140. The highest BCUT2D eigenvalue weighted by Crippen LogP contribution is 2.35. The van der Waals surface area contributed by atoms with E-state index in [0.717, 1.165) is 25.2 Å². The number of rotatable bonds is 2. The molecule has 0 aromatic heterocycles. The molecule has 0 radical (unpaired) electrons. The van der Waals surface area contributed by atoms with Gasteiger partial charge in [-0.1, -0.05) is 49.1 Å². The van der Waals surface area contributed by atoms with Crippen molar-refractivity contribution in [2.75, 3.05) is 19.6 Å². The molecule has 1 amide bonds. The van der Waals surface area contributed by atoms with Crippen molar-refractivity contribution in [2.45, 2.75) is 51.0 Å². The summed E-state index contributed by atoms with van der Waals surface area (Å²) in [4.78, 5) is 15.0. The van der Waals surface area contributed by atoms with Crippen molar-refractivity contribution in [2.24, 2.45) is 0 Å². The molecule has 1 aliphatic heterocycles. The number of nitrogens with one attached hydrogen (secondary N) is 1. The van der Waals surface area contributed by atoms with E-state index in [2.05, 4.69) is 41.4 Å². The second-order valence-corrected chi connectivity index (χ2v) is 6.67. The predicted molar refractivity (Wildman–Crippen MR) is 85.3 cm³/mol. The molecule has 1 spiro atoms. The Morgan fingerprint density at radius 1 is 1.19 bits per heavy atom. The molecule has 1 saturated carbocycles. The lowest BCUT2D eigenvalue weighted by Gasteiger charge is -2.50. The van der Waals surface area contributed by atoms with Crippen molar-refractivity contribution in [3.8, 4) is 0 Å². The number of aryl methyl sites for hydroxylation is 1. The first-order valence-corrected chi connectivity index (χ1v) is 8.26. The van der Waals surface area contributed by atoms with Gasteiger partial charge in [-0.15, -0.1) is 0 Å². The summed E-state index contributed by atoms with van der Waals surface area (Å²) in [6, 6.07) is 8.36. The van der Waals surface area contributed by atoms with E-state index in [4.69, 9.17) is 0 Å². The van der Waals surface area contributed by atoms with Gasteiger partial charge in [0.25, 0.3) is 0 Å². The lowest BCUT2D eigenvalue weighted by atomic mass is 9.78. The molecule has 1 aromatic rings. The fourth-order valence-corrected chi connectivity index (χ4v) is 3.87. The number of hydrogen-bond donors (Lipinski definition) is 1. The number of carbonyl (C=O) groups is 1. The van der Waals surface area contributed by atoms with Crippen LogP contribution in [0.2, 0.25) is 0 Å². The number of nitrogens with zero attached hydrogens (tertiary/aromatic N) is 1. The largest absolute Gasteiger partial charge is 0.334 e. The van der Waals surface area contributed by atoms with Crippen LogP contribution < -0.4 is 5.32 Å². The number of hydrogen-bond acceptors (Lipinski definition) is 2. The van der Waals surface area contributed by atoms with Crippen molar-refractivity contribution in [3.05, 3.63) is 35.4 Å². The van der Waals surface area contributed by atoms with Gasteiger partial charge in [0, 0.05) is 19.6 Å². The second-order valence-electron chi connectivity index (χ2n) is 6.67. The van der Waals surface area contributed by atoms with E-state index in [1.54, 1.807) is 0 Å². The summed E-state index contributed by atoms with van der Waals surface area (Å²) in [7, 11) is 0. The Bertz CT molecular complexity index is 480. The van der Waals surface area contributed by atoms with Crippen molar-refractivity contribution in [3.63, 3.8) is 0 Å². The van der Waals surface area contributed by atoms with E-state index in [0.29, 0.717) is 12.3 Å². The molecule has 0 atom stereocenters. The van der Waals surface area contributed by atoms with Gasteiger partial charge in [-0.05, 0) is 25.3 Å². The standard InChI is InChI=1S/C18H26N2O/c1-15-5-7-16(8-6-15)13-17(21)20-12-11-19-14-18(20)9-3-2-4-10-18/h5-8,19H,2-4,9-14H2,1H3. The highest BCUT2D eigenvalue weighted by molar-refractivity contribution is 5.79. The molecule has 1 aliphatic carbocycles. The molecular weight excluding hydrogens is 260 g/mol. The van der Waals surface area contributed by atoms with E-state index in [9.17, 15) is 4.79 Å². The first-order chi connectivity index (χ1) is 10.2. The van der Waals surface area contributed by atoms with Crippen LogP contribution in [0.15, 0.2) is 24.3 Å². The molecular formula is C18H26N2O. The van der Waals surface area contributed by atoms with Crippen LogP contribution in [0.3, 0.4) is 0 Å². The van der Waals surface area contributed by atoms with Gasteiger partial charge in [0.2, 0.25) is 5.91 Å². The summed E-state index contributed by atoms with van der Waals surface area (Å²) in [5.74, 6) is 0.308. The quantitative estimate of drug-likeness (QED) is 0.906. The predicted octanol–water partition coefficient (Wildman–Crippen LogP) is 2.67. The highest BCUT2D eigenvalue weighted by Gasteiger charge is 2.41. The average Bonchev–Trinajstić information content (AvgIpc) is 2.51. The number of carbonyl (C=O) groups excluding carboxylic acids is 1. The SMILES string of the molecule is Cc1ccc(CC(=O)N2CCNCC23CCCCC3)cc1. The van der Waals surface area contributed by atoms with Gasteiger partial charge in [0.05, 0.1) is 12.0 Å². The number of amides is 1. The van der Waals surface area contributed by atoms with Crippen LogP contribution >= 0.6 is 0 Å². The van der Waals surface area contributed by atoms with Gasteiger partial charge in [-0.2, -0.15) is 0 Å². The Morgan fingerprint density at radius 2 is 1.90 bits per heavy atom. The van der Waals surface area contributed by atoms with Crippen molar-refractivity contribution >= 4 is 5.91 Å². The van der Waals surface area contributed by atoms with Crippen LogP contribution in [-0.4, -0.2) is 36.0 Å². The molecule has 3 rings (SSSR count). The van der Waals surface area contributed by atoms with E-state index in [1.807, 2.05) is 0 Å². The Labute approximate surface area is 127 Å². The average molecular weight is 286 g/mol. The molecule has 3 heteroatoms. The van der Waals surface area contributed by atoms with E-state index in [1.165, 1.54) is 37.7 Å².